The van der Waals surface area contributed by atoms with Crippen molar-refractivity contribution < 1.29 is 19.7 Å². The van der Waals surface area contributed by atoms with Gasteiger partial charge in [-0.2, -0.15) is 0 Å². The topological polar surface area (TPSA) is 58.9 Å². The smallest absolute Gasteiger partial charge is 0.158 e. The summed E-state index contributed by atoms with van der Waals surface area (Å²) in [5, 5.41) is 15.5. The lowest BCUT2D eigenvalue weighted by molar-refractivity contribution is -0.156. The van der Waals surface area contributed by atoms with Gasteiger partial charge in [-0.3, -0.25) is 0 Å². The fourth-order valence-electron chi connectivity index (χ4n) is 2.09. The van der Waals surface area contributed by atoms with E-state index in [1.54, 1.807) is 0 Å². The highest BCUT2D eigenvalue weighted by atomic mass is 16.7. The molecule has 26 heavy (non-hydrogen) atoms. The van der Waals surface area contributed by atoms with Gasteiger partial charge in [-0.1, -0.05) is 35.5 Å². The van der Waals surface area contributed by atoms with Crippen molar-refractivity contribution in [2.24, 2.45) is 0 Å². The molecule has 0 spiro atoms. The third-order valence-corrected chi connectivity index (χ3v) is 3.61. The number of hydrogen-bond donors (Lipinski definition) is 2. The molecular weight excluding hydrogens is 328 g/mol. The lowest BCUT2D eigenvalue weighted by Crippen LogP contribution is -2.22. The second-order valence-electron chi connectivity index (χ2n) is 6.10. The predicted molar refractivity (Wildman–Crippen MR) is 111 cm³/mol. The van der Waals surface area contributed by atoms with Crippen molar-refractivity contribution in [3.8, 4) is 0 Å². The molecule has 1 fully saturated rings. The minimum Gasteiger partial charge on any atom is -0.400 e. The SMILES string of the molecule is C=CCCC=C(C)CO.C=CCCC=C(C)COC1CCCCO1.CO. The number of allylic oxidation sites excluding steroid dienone is 4. The first-order valence-electron chi connectivity index (χ1n) is 9.45. The number of aliphatic hydroxyl groups is 2. The lowest BCUT2D eigenvalue weighted by Gasteiger charge is -2.22. The molecule has 0 radical (unpaired) electrons. The molecule has 0 aromatic rings. The zero-order valence-electron chi connectivity index (χ0n) is 17.1. The van der Waals surface area contributed by atoms with Gasteiger partial charge >= 0.3 is 0 Å². The standard InChI is InChI=1S/C13H22O2.C8H14O.CH4O/c1-3-4-5-8-12(2)11-15-13-9-6-7-10-14-13;1-3-4-5-6-8(2)7-9;1-2/h3,8,13H,1,4-7,9-11H2,2H3;3,6,9H,1,4-5,7H2,2H3;2H,1H3. The van der Waals surface area contributed by atoms with Gasteiger partial charge in [0.15, 0.2) is 6.29 Å². The van der Waals surface area contributed by atoms with Crippen molar-refractivity contribution in [1.29, 1.82) is 0 Å². The Labute approximate surface area is 160 Å². The molecule has 1 unspecified atom stereocenters. The highest BCUT2D eigenvalue weighted by Crippen LogP contribution is 2.14. The van der Waals surface area contributed by atoms with Gasteiger partial charge in [-0.05, 0) is 58.8 Å². The van der Waals surface area contributed by atoms with E-state index in [1.807, 2.05) is 25.2 Å². The summed E-state index contributed by atoms with van der Waals surface area (Å²) in [7, 11) is 1.00. The van der Waals surface area contributed by atoms with Gasteiger partial charge in [0.1, 0.15) is 0 Å². The van der Waals surface area contributed by atoms with E-state index < -0.39 is 0 Å². The first kappa shape index (κ1) is 27.0. The van der Waals surface area contributed by atoms with Crippen LogP contribution in [0.4, 0.5) is 0 Å². The highest BCUT2D eigenvalue weighted by molar-refractivity contribution is 4.99. The van der Waals surface area contributed by atoms with Crippen LogP contribution in [0.2, 0.25) is 0 Å². The Morgan fingerprint density at radius 2 is 1.58 bits per heavy atom. The van der Waals surface area contributed by atoms with Gasteiger partial charge < -0.3 is 19.7 Å². The second-order valence-corrected chi connectivity index (χ2v) is 6.10. The van der Waals surface area contributed by atoms with Crippen molar-refractivity contribution in [3.63, 3.8) is 0 Å². The minimum absolute atomic E-state index is 0.0292. The van der Waals surface area contributed by atoms with Crippen LogP contribution in [0.25, 0.3) is 0 Å². The summed E-state index contributed by atoms with van der Waals surface area (Å²) in [5.74, 6) is 0. The number of rotatable bonds is 10. The van der Waals surface area contributed by atoms with E-state index in [4.69, 9.17) is 19.7 Å². The van der Waals surface area contributed by atoms with E-state index in [2.05, 4.69) is 26.2 Å². The van der Waals surface area contributed by atoms with Gasteiger partial charge in [0.2, 0.25) is 0 Å². The highest BCUT2D eigenvalue weighted by Gasteiger charge is 2.13. The van der Waals surface area contributed by atoms with Crippen LogP contribution in [-0.2, 0) is 9.47 Å². The average molecular weight is 369 g/mol. The number of ether oxygens (including phenoxy) is 2. The summed E-state index contributed by atoms with van der Waals surface area (Å²) in [6.45, 7) is 13.0. The molecule has 2 N–H and O–H groups in total. The molecule has 1 saturated heterocycles. The first-order valence-corrected chi connectivity index (χ1v) is 9.45. The summed E-state index contributed by atoms with van der Waals surface area (Å²) >= 11 is 0. The summed E-state index contributed by atoms with van der Waals surface area (Å²) in [6.07, 6.45) is 15.6. The van der Waals surface area contributed by atoms with Gasteiger partial charge in [0.05, 0.1) is 13.2 Å². The van der Waals surface area contributed by atoms with E-state index in [0.717, 1.165) is 51.4 Å². The molecule has 0 aromatic heterocycles. The Balaban J connectivity index is 0. The van der Waals surface area contributed by atoms with E-state index in [1.165, 1.54) is 18.4 Å². The summed E-state index contributed by atoms with van der Waals surface area (Å²) < 4.78 is 11.1. The zero-order valence-corrected chi connectivity index (χ0v) is 17.1. The van der Waals surface area contributed by atoms with Crippen LogP contribution >= 0.6 is 0 Å². The fraction of sp³-hybridized carbons (Fsp3) is 0.636. The molecule has 4 nitrogen and oxygen atoms in total. The van der Waals surface area contributed by atoms with Crippen molar-refractivity contribution in [1.82, 2.24) is 0 Å². The van der Waals surface area contributed by atoms with Gasteiger partial charge in [-0.15, -0.1) is 13.2 Å². The summed E-state index contributed by atoms with van der Waals surface area (Å²) in [5.41, 5.74) is 2.32. The minimum atomic E-state index is 0.0292. The normalized spacial score (nSPS) is 17.3. The van der Waals surface area contributed by atoms with Crippen LogP contribution < -0.4 is 0 Å². The molecule has 1 rings (SSSR count). The monoisotopic (exact) mass is 368 g/mol. The Hall–Kier alpha value is -1.20. The molecule has 0 saturated carbocycles. The van der Waals surface area contributed by atoms with Crippen LogP contribution in [-0.4, -0.2) is 43.4 Å². The molecule has 0 aromatic carbocycles. The quantitative estimate of drug-likeness (QED) is 0.423. The predicted octanol–water partition coefficient (Wildman–Crippen LogP) is 4.94. The van der Waals surface area contributed by atoms with Crippen molar-refractivity contribution in [2.75, 3.05) is 26.9 Å². The summed E-state index contributed by atoms with van der Waals surface area (Å²) in [4.78, 5) is 0. The number of hydrogen-bond acceptors (Lipinski definition) is 4. The van der Waals surface area contributed by atoms with Gasteiger partial charge in [0.25, 0.3) is 0 Å². The molecule has 4 heteroatoms. The molecule has 152 valence electrons. The molecule has 1 aliphatic heterocycles. The van der Waals surface area contributed by atoms with Crippen LogP contribution in [0.15, 0.2) is 48.6 Å². The number of aliphatic hydroxyl groups excluding tert-OH is 2. The van der Waals surface area contributed by atoms with Crippen LogP contribution in [0, 0.1) is 0 Å². The maximum Gasteiger partial charge on any atom is 0.158 e. The molecule has 0 amide bonds. The largest absolute Gasteiger partial charge is 0.400 e. The molecule has 0 aliphatic carbocycles. The second kappa shape index (κ2) is 21.8. The van der Waals surface area contributed by atoms with Crippen molar-refractivity contribution in [3.05, 3.63) is 48.6 Å². The fourth-order valence-corrected chi connectivity index (χ4v) is 2.09. The van der Waals surface area contributed by atoms with Crippen molar-refractivity contribution in [2.45, 2.75) is 65.1 Å². The maximum atomic E-state index is 8.54. The van der Waals surface area contributed by atoms with Crippen LogP contribution in [0.3, 0.4) is 0 Å². The first-order chi connectivity index (χ1) is 12.6. The maximum absolute atomic E-state index is 8.54. The zero-order chi connectivity index (χ0) is 20.0. The van der Waals surface area contributed by atoms with E-state index >= 15 is 0 Å². The van der Waals surface area contributed by atoms with Gasteiger partial charge in [0, 0.05) is 13.7 Å². The van der Waals surface area contributed by atoms with Crippen LogP contribution in [0.1, 0.15) is 58.8 Å². The molecule has 1 atom stereocenters. The van der Waals surface area contributed by atoms with Crippen molar-refractivity contribution >= 4 is 0 Å². The Bertz CT molecular complexity index is 380. The van der Waals surface area contributed by atoms with Gasteiger partial charge in [-0.25, -0.2) is 0 Å². The van der Waals surface area contributed by atoms with Crippen LogP contribution in [0.5, 0.6) is 0 Å². The Morgan fingerprint density at radius 1 is 1.00 bits per heavy atom. The van der Waals surface area contributed by atoms with E-state index in [-0.39, 0.29) is 12.9 Å². The van der Waals surface area contributed by atoms with E-state index in [0.29, 0.717) is 6.61 Å². The Kier molecular flexibility index (Phi) is 22.7. The third kappa shape index (κ3) is 19.1. The average Bonchev–Trinajstić information content (AvgIpc) is 2.69. The third-order valence-electron chi connectivity index (χ3n) is 3.61. The molecular formula is C22H40O4. The molecule has 1 aliphatic rings. The number of unbranched alkanes of at least 4 members (excludes halogenated alkanes) is 2. The summed E-state index contributed by atoms with van der Waals surface area (Å²) in [6, 6.07) is 0. The Morgan fingerprint density at radius 3 is 2.04 bits per heavy atom. The van der Waals surface area contributed by atoms with E-state index in [9.17, 15) is 0 Å². The molecule has 0 bridgehead atoms. The molecule has 1 heterocycles. The lowest BCUT2D eigenvalue weighted by atomic mass is 10.2.